The minimum absolute atomic E-state index is 0.111. The number of fused-ring (bicyclic) bond motifs is 1. The van der Waals surface area contributed by atoms with Gasteiger partial charge in [0.05, 0.1) is 5.25 Å². The van der Waals surface area contributed by atoms with Gasteiger partial charge in [-0.3, -0.25) is 0 Å². The molecule has 0 saturated carbocycles. The van der Waals surface area contributed by atoms with Crippen molar-refractivity contribution < 1.29 is 4.52 Å². The number of rotatable bonds is 2. The third kappa shape index (κ3) is 2.55. The van der Waals surface area contributed by atoms with E-state index in [4.69, 9.17) is 4.52 Å². The Kier molecular flexibility index (Phi) is 3.59. The molecule has 1 N–H and O–H groups in total. The summed E-state index contributed by atoms with van der Waals surface area (Å²) in [5.74, 6) is 3.94. The van der Waals surface area contributed by atoms with Gasteiger partial charge >= 0.3 is 0 Å². The highest BCUT2D eigenvalue weighted by atomic mass is 32.2. The van der Waals surface area contributed by atoms with E-state index in [0.29, 0.717) is 16.4 Å². The van der Waals surface area contributed by atoms with Crippen molar-refractivity contribution in [2.24, 2.45) is 0 Å². The number of nitrogens with zero attached hydrogens (tertiary/aromatic N) is 2. The van der Waals surface area contributed by atoms with E-state index in [2.05, 4.69) is 40.6 Å². The van der Waals surface area contributed by atoms with Gasteiger partial charge in [0, 0.05) is 28.9 Å². The third-order valence-electron chi connectivity index (χ3n) is 3.97. The van der Waals surface area contributed by atoms with Crippen molar-refractivity contribution in [1.29, 1.82) is 0 Å². The Labute approximate surface area is 132 Å². The number of thioether (sulfide) groups is 2. The first-order valence-electron chi connectivity index (χ1n) is 7.22. The van der Waals surface area contributed by atoms with Crippen molar-refractivity contribution >= 4 is 29.2 Å². The average molecular weight is 319 g/mol. The van der Waals surface area contributed by atoms with Crippen molar-refractivity contribution in [1.82, 2.24) is 10.1 Å². The Morgan fingerprint density at radius 1 is 1.24 bits per heavy atom. The summed E-state index contributed by atoms with van der Waals surface area (Å²) in [6, 6.07) is 8.47. The zero-order chi connectivity index (χ0) is 14.2. The number of hydrogen-bond acceptors (Lipinski definition) is 6. The van der Waals surface area contributed by atoms with Crippen LogP contribution in [-0.2, 0) is 6.42 Å². The molecule has 3 atom stereocenters. The third-order valence-corrected chi connectivity index (χ3v) is 7.06. The van der Waals surface area contributed by atoms with Gasteiger partial charge in [0.15, 0.2) is 5.82 Å². The molecule has 0 amide bonds. The van der Waals surface area contributed by atoms with Crippen LogP contribution in [0.1, 0.15) is 35.5 Å². The molecule has 3 unspecified atom stereocenters. The molecule has 0 spiro atoms. The topological polar surface area (TPSA) is 51.0 Å². The van der Waals surface area contributed by atoms with E-state index in [1.165, 1.54) is 17.0 Å². The molecule has 2 aromatic rings. The van der Waals surface area contributed by atoms with E-state index < -0.39 is 0 Å². The fourth-order valence-corrected chi connectivity index (χ4v) is 5.55. The van der Waals surface area contributed by atoms with Gasteiger partial charge in [-0.15, -0.1) is 11.8 Å². The fourth-order valence-electron chi connectivity index (χ4n) is 2.87. The Hall–Kier alpha value is -1.14. The molecule has 2 aliphatic heterocycles. The van der Waals surface area contributed by atoms with Crippen molar-refractivity contribution in [2.45, 2.75) is 29.9 Å². The molecule has 0 radical (unpaired) electrons. The first kappa shape index (κ1) is 13.5. The summed E-state index contributed by atoms with van der Waals surface area (Å²) >= 11 is 3.94. The maximum Gasteiger partial charge on any atom is 0.249 e. The number of hydrogen-bond donors (Lipinski definition) is 1. The van der Waals surface area contributed by atoms with E-state index in [-0.39, 0.29) is 6.04 Å². The first-order valence-corrected chi connectivity index (χ1v) is 9.32. The molecule has 1 aromatic heterocycles. The van der Waals surface area contributed by atoms with Gasteiger partial charge in [0.1, 0.15) is 6.04 Å². The second-order valence-electron chi connectivity index (χ2n) is 5.42. The largest absolute Gasteiger partial charge is 0.373 e. The standard InChI is InChI=1S/C15H17N3OS2/c1-9-13(21-7-6-20-9)14-17-15(19-18-14)12-8-10-4-2-3-5-11(10)16-12/h2-5,9,12-13,16H,6-8H2,1H3. The van der Waals surface area contributed by atoms with Crippen molar-refractivity contribution in [3.05, 3.63) is 41.5 Å². The lowest BCUT2D eigenvalue weighted by molar-refractivity contribution is 0.359. The number of nitrogens with one attached hydrogen (secondary N) is 1. The summed E-state index contributed by atoms with van der Waals surface area (Å²) in [5.41, 5.74) is 2.50. The van der Waals surface area contributed by atoms with Gasteiger partial charge in [-0.2, -0.15) is 16.7 Å². The van der Waals surface area contributed by atoms with E-state index in [1.54, 1.807) is 0 Å². The first-order chi connectivity index (χ1) is 10.3. The van der Waals surface area contributed by atoms with Crippen LogP contribution in [0, 0.1) is 0 Å². The molecule has 0 aliphatic carbocycles. The molecule has 2 aliphatic rings. The summed E-state index contributed by atoms with van der Waals surface area (Å²) in [6.07, 6.45) is 0.917. The van der Waals surface area contributed by atoms with Crippen LogP contribution in [0.15, 0.2) is 28.8 Å². The van der Waals surface area contributed by atoms with E-state index in [9.17, 15) is 0 Å². The minimum Gasteiger partial charge on any atom is -0.373 e. The number of aromatic nitrogens is 2. The molecule has 1 aromatic carbocycles. The summed E-state index contributed by atoms with van der Waals surface area (Å²) in [6.45, 7) is 2.25. The van der Waals surface area contributed by atoms with Crippen LogP contribution >= 0.6 is 23.5 Å². The summed E-state index contributed by atoms with van der Waals surface area (Å²) in [5, 5.41) is 8.60. The van der Waals surface area contributed by atoms with Crippen LogP contribution in [0.25, 0.3) is 0 Å². The smallest absolute Gasteiger partial charge is 0.249 e. The highest BCUT2D eigenvalue weighted by Crippen LogP contribution is 2.42. The lowest BCUT2D eigenvalue weighted by Crippen LogP contribution is -2.17. The number of anilines is 1. The monoisotopic (exact) mass is 319 g/mol. The zero-order valence-electron chi connectivity index (χ0n) is 11.8. The Morgan fingerprint density at radius 2 is 2.10 bits per heavy atom. The van der Waals surface area contributed by atoms with Crippen LogP contribution in [-0.4, -0.2) is 26.9 Å². The molecule has 3 heterocycles. The minimum atomic E-state index is 0.111. The molecular weight excluding hydrogens is 302 g/mol. The van der Waals surface area contributed by atoms with Crippen LogP contribution in [0.2, 0.25) is 0 Å². The van der Waals surface area contributed by atoms with Gasteiger partial charge in [-0.1, -0.05) is 30.3 Å². The quantitative estimate of drug-likeness (QED) is 0.911. The second-order valence-corrected chi connectivity index (χ2v) is 8.15. The van der Waals surface area contributed by atoms with Crippen LogP contribution < -0.4 is 5.32 Å². The molecule has 4 rings (SSSR count). The lowest BCUT2D eigenvalue weighted by atomic mass is 10.1. The SMILES string of the molecule is CC1SCCSC1c1noc(C2Cc3ccccc3N2)n1. The van der Waals surface area contributed by atoms with Gasteiger partial charge < -0.3 is 9.84 Å². The number of benzene rings is 1. The molecular formula is C15H17N3OS2. The highest BCUT2D eigenvalue weighted by molar-refractivity contribution is 8.06. The molecule has 110 valence electrons. The summed E-state index contributed by atoms with van der Waals surface area (Å²) in [7, 11) is 0. The zero-order valence-corrected chi connectivity index (χ0v) is 13.4. The normalized spacial score (nSPS) is 28.1. The molecule has 1 fully saturated rings. The maximum absolute atomic E-state index is 5.54. The van der Waals surface area contributed by atoms with Crippen molar-refractivity contribution in [3.8, 4) is 0 Å². The average Bonchev–Trinajstić information content (AvgIpc) is 3.14. The Morgan fingerprint density at radius 3 is 2.95 bits per heavy atom. The summed E-state index contributed by atoms with van der Waals surface area (Å²) < 4.78 is 5.54. The molecule has 4 nitrogen and oxygen atoms in total. The molecule has 21 heavy (non-hydrogen) atoms. The summed E-state index contributed by atoms with van der Waals surface area (Å²) in [4.78, 5) is 4.67. The highest BCUT2D eigenvalue weighted by Gasteiger charge is 2.31. The Balaban J connectivity index is 1.53. The van der Waals surface area contributed by atoms with Crippen molar-refractivity contribution in [3.63, 3.8) is 0 Å². The van der Waals surface area contributed by atoms with Crippen molar-refractivity contribution in [2.75, 3.05) is 16.8 Å². The van der Waals surface area contributed by atoms with E-state index in [1.807, 2.05) is 29.6 Å². The number of para-hydroxylation sites is 1. The van der Waals surface area contributed by atoms with Gasteiger partial charge in [-0.25, -0.2) is 0 Å². The predicted octanol–water partition coefficient (Wildman–Crippen LogP) is 3.69. The van der Waals surface area contributed by atoms with Gasteiger partial charge in [-0.05, 0) is 11.6 Å². The fraction of sp³-hybridized carbons (Fsp3) is 0.467. The van der Waals surface area contributed by atoms with E-state index in [0.717, 1.165) is 18.0 Å². The Bertz CT molecular complexity index is 620. The van der Waals surface area contributed by atoms with Gasteiger partial charge in [0.25, 0.3) is 0 Å². The van der Waals surface area contributed by atoms with Gasteiger partial charge in [0.2, 0.25) is 5.89 Å². The molecule has 1 saturated heterocycles. The van der Waals surface area contributed by atoms with Crippen LogP contribution in [0.3, 0.4) is 0 Å². The molecule has 6 heteroatoms. The van der Waals surface area contributed by atoms with Crippen LogP contribution in [0.4, 0.5) is 5.69 Å². The van der Waals surface area contributed by atoms with Crippen LogP contribution in [0.5, 0.6) is 0 Å². The predicted molar refractivity (Wildman–Crippen MR) is 87.9 cm³/mol. The lowest BCUT2D eigenvalue weighted by Gasteiger charge is -2.24. The molecule has 0 bridgehead atoms. The maximum atomic E-state index is 5.54. The second kappa shape index (κ2) is 5.57. The van der Waals surface area contributed by atoms with E-state index >= 15 is 0 Å².